The zero-order valence-corrected chi connectivity index (χ0v) is 8.99. The maximum atomic E-state index is 8.53. The Hall–Kier alpha value is -3.48. The Labute approximate surface area is 103 Å². The standard InChI is InChI=1S/C12H4N6/c13-5-11(6-14)17-9-1-2-10(4-3-9)18-12(7-15)8-16/h1-4H. The van der Waals surface area contributed by atoms with Gasteiger partial charge in [-0.2, -0.15) is 21.0 Å². The van der Waals surface area contributed by atoms with E-state index in [1.165, 1.54) is 24.3 Å². The lowest BCUT2D eigenvalue weighted by atomic mass is 10.3. The van der Waals surface area contributed by atoms with Gasteiger partial charge in [-0.3, -0.25) is 0 Å². The summed E-state index contributed by atoms with van der Waals surface area (Å²) in [6.07, 6.45) is 0. The summed E-state index contributed by atoms with van der Waals surface area (Å²) in [4.78, 5) is 7.54. The summed E-state index contributed by atoms with van der Waals surface area (Å²) >= 11 is 0. The first-order valence-electron chi connectivity index (χ1n) is 4.61. The molecule has 6 nitrogen and oxygen atoms in total. The fourth-order valence-corrected chi connectivity index (χ4v) is 1.01. The van der Waals surface area contributed by atoms with E-state index in [0.717, 1.165) is 0 Å². The predicted octanol–water partition coefficient (Wildman–Crippen LogP) is 1.93. The summed E-state index contributed by atoms with van der Waals surface area (Å²) in [6.45, 7) is 0. The van der Waals surface area contributed by atoms with Gasteiger partial charge in [0, 0.05) is 0 Å². The third-order valence-electron chi connectivity index (χ3n) is 1.76. The molecule has 0 aliphatic heterocycles. The topological polar surface area (TPSA) is 120 Å². The lowest BCUT2D eigenvalue weighted by molar-refractivity contribution is 1.45. The predicted molar refractivity (Wildman–Crippen MR) is 63.1 cm³/mol. The van der Waals surface area contributed by atoms with Crippen LogP contribution in [0.1, 0.15) is 0 Å². The van der Waals surface area contributed by atoms with Crippen LogP contribution in [0.3, 0.4) is 0 Å². The van der Waals surface area contributed by atoms with E-state index >= 15 is 0 Å². The normalized spacial score (nSPS) is 7.78. The molecule has 0 saturated carbocycles. The molecule has 0 heterocycles. The molecule has 0 N–H and O–H groups in total. The van der Waals surface area contributed by atoms with Gasteiger partial charge in [0.2, 0.25) is 11.4 Å². The fraction of sp³-hybridized carbons (Fsp3) is 0. The first-order chi connectivity index (χ1) is 8.73. The Morgan fingerprint density at radius 3 is 1.17 bits per heavy atom. The molecule has 1 aromatic rings. The van der Waals surface area contributed by atoms with Gasteiger partial charge in [0.05, 0.1) is 11.4 Å². The molecule has 0 amide bonds. The Kier molecular flexibility index (Phi) is 4.32. The molecule has 0 bridgehead atoms. The highest BCUT2D eigenvalue weighted by molar-refractivity contribution is 6.12. The molecule has 0 atom stereocenters. The molecule has 0 aromatic heterocycles. The van der Waals surface area contributed by atoms with Crippen molar-refractivity contribution < 1.29 is 0 Å². The minimum absolute atomic E-state index is 0.249. The molecule has 0 radical (unpaired) electrons. The van der Waals surface area contributed by atoms with Crippen LogP contribution in [0.2, 0.25) is 0 Å². The van der Waals surface area contributed by atoms with Gasteiger partial charge in [0.15, 0.2) is 0 Å². The van der Waals surface area contributed by atoms with Crippen LogP contribution in [-0.2, 0) is 0 Å². The Bertz CT molecular complexity index is 575. The Balaban J connectivity index is 3.04. The number of benzene rings is 1. The minimum atomic E-state index is -0.249. The van der Waals surface area contributed by atoms with Crippen LogP contribution >= 0.6 is 0 Å². The molecule has 1 aromatic carbocycles. The number of hydrogen-bond acceptors (Lipinski definition) is 6. The van der Waals surface area contributed by atoms with Crippen molar-refractivity contribution >= 4 is 22.8 Å². The number of nitriles is 4. The third-order valence-corrected chi connectivity index (χ3v) is 1.76. The maximum absolute atomic E-state index is 8.53. The lowest BCUT2D eigenvalue weighted by Gasteiger charge is -1.94. The van der Waals surface area contributed by atoms with Crippen LogP contribution in [0.25, 0.3) is 0 Å². The second-order valence-corrected chi connectivity index (χ2v) is 2.88. The summed E-state index contributed by atoms with van der Waals surface area (Å²) in [6, 6.07) is 12.7. The van der Waals surface area contributed by atoms with Gasteiger partial charge < -0.3 is 0 Å². The average molecular weight is 232 g/mol. The second kappa shape index (κ2) is 6.18. The lowest BCUT2D eigenvalue weighted by Crippen LogP contribution is -1.87. The molecular weight excluding hydrogens is 228 g/mol. The third kappa shape index (κ3) is 3.28. The maximum Gasteiger partial charge on any atom is 0.218 e. The number of nitrogens with zero attached hydrogens (tertiary/aromatic N) is 6. The molecule has 0 unspecified atom stereocenters. The zero-order valence-electron chi connectivity index (χ0n) is 8.99. The molecule has 82 valence electrons. The van der Waals surface area contributed by atoms with Crippen LogP contribution in [0.5, 0.6) is 0 Å². The van der Waals surface area contributed by atoms with Crippen molar-refractivity contribution in [3.8, 4) is 24.3 Å². The molecule has 0 saturated heterocycles. The highest BCUT2D eigenvalue weighted by atomic mass is 14.8. The van der Waals surface area contributed by atoms with E-state index in [2.05, 4.69) is 9.98 Å². The van der Waals surface area contributed by atoms with E-state index in [-0.39, 0.29) is 11.4 Å². The summed E-state index contributed by atoms with van der Waals surface area (Å²) in [7, 11) is 0. The van der Waals surface area contributed by atoms with E-state index < -0.39 is 0 Å². The van der Waals surface area contributed by atoms with Crippen LogP contribution in [-0.4, -0.2) is 11.4 Å². The van der Waals surface area contributed by atoms with Crippen LogP contribution in [0, 0.1) is 45.3 Å². The van der Waals surface area contributed by atoms with Crippen molar-refractivity contribution in [2.24, 2.45) is 9.98 Å². The van der Waals surface area contributed by atoms with Gasteiger partial charge in [0.25, 0.3) is 0 Å². The van der Waals surface area contributed by atoms with E-state index in [4.69, 9.17) is 21.0 Å². The second-order valence-electron chi connectivity index (χ2n) is 2.88. The average Bonchev–Trinajstić information content (AvgIpc) is 2.43. The summed E-state index contributed by atoms with van der Waals surface area (Å²) in [5, 5.41) is 34.1. The van der Waals surface area contributed by atoms with Crippen molar-refractivity contribution in [3.05, 3.63) is 24.3 Å². The first kappa shape index (κ1) is 12.6. The van der Waals surface area contributed by atoms with Crippen molar-refractivity contribution in [2.75, 3.05) is 0 Å². The highest BCUT2D eigenvalue weighted by Gasteiger charge is 1.98. The van der Waals surface area contributed by atoms with E-state index in [1.54, 1.807) is 24.3 Å². The molecule has 0 spiro atoms. The molecule has 6 heteroatoms. The van der Waals surface area contributed by atoms with Crippen LogP contribution in [0.15, 0.2) is 34.3 Å². The number of hydrogen-bond donors (Lipinski definition) is 0. The smallest absolute Gasteiger partial charge is 0.218 e. The van der Waals surface area contributed by atoms with Crippen molar-refractivity contribution in [1.82, 2.24) is 0 Å². The largest absolute Gasteiger partial charge is 0.227 e. The number of rotatable bonds is 2. The molecule has 0 aliphatic rings. The molecule has 1 rings (SSSR count). The van der Waals surface area contributed by atoms with Gasteiger partial charge in [-0.05, 0) is 24.3 Å². The van der Waals surface area contributed by atoms with Gasteiger partial charge >= 0.3 is 0 Å². The molecule has 0 aliphatic carbocycles. The fourth-order valence-electron chi connectivity index (χ4n) is 1.01. The zero-order chi connectivity index (χ0) is 13.4. The first-order valence-corrected chi connectivity index (χ1v) is 4.61. The minimum Gasteiger partial charge on any atom is -0.227 e. The monoisotopic (exact) mass is 232 g/mol. The summed E-state index contributed by atoms with van der Waals surface area (Å²) in [5.74, 6) is 0. The Morgan fingerprint density at radius 2 is 0.944 bits per heavy atom. The SMILES string of the molecule is N#CC(C#N)=Nc1ccc(N=C(C#N)C#N)cc1. The summed E-state index contributed by atoms with van der Waals surface area (Å²) < 4.78 is 0. The van der Waals surface area contributed by atoms with E-state index in [9.17, 15) is 0 Å². The van der Waals surface area contributed by atoms with E-state index in [1.807, 2.05) is 0 Å². The van der Waals surface area contributed by atoms with Gasteiger partial charge in [0.1, 0.15) is 24.3 Å². The van der Waals surface area contributed by atoms with Crippen molar-refractivity contribution in [2.45, 2.75) is 0 Å². The summed E-state index contributed by atoms with van der Waals surface area (Å²) in [5.41, 5.74) is 0.340. The van der Waals surface area contributed by atoms with Crippen LogP contribution < -0.4 is 0 Å². The van der Waals surface area contributed by atoms with Gasteiger partial charge in [-0.15, -0.1) is 0 Å². The Morgan fingerprint density at radius 1 is 0.667 bits per heavy atom. The molecule has 0 fully saturated rings. The number of aliphatic imine (C=N–C) groups is 2. The van der Waals surface area contributed by atoms with Crippen molar-refractivity contribution in [3.63, 3.8) is 0 Å². The van der Waals surface area contributed by atoms with Gasteiger partial charge in [-0.1, -0.05) is 0 Å². The quantitative estimate of drug-likeness (QED) is 0.723. The van der Waals surface area contributed by atoms with E-state index in [0.29, 0.717) is 11.4 Å². The highest BCUT2D eigenvalue weighted by Crippen LogP contribution is 2.18. The molecule has 18 heavy (non-hydrogen) atoms. The molecular formula is C12H4N6. The van der Waals surface area contributed by atoms with Crippen molar-refractivity contribution in [1.29, 1.82) is 21.0 Å². The van der Waals surface area contributed by atoms with Gasteiger partial charge in [-0.25, -0.2) is 9.98 Å². The van der Waals surface area contributed by atoms with Crippen LogP contribution in [0.4, 0.5) is 11.4 Å².